The zero-order valence-corrected chi connectivity index (χ0v) is 5.02. The number of aliphatic hydroxyl groups excluding tert-OH is 2. The SMILES string of the molecule is C.C.CC.OCCCO. The number of rotatable bonds is 2. The van der Waals surface area contributed by atoms with Gasteiger partial charge in [0, 0.05) is 13.2 Å². The molecular weight excluding hydrogens is 116 g/mol. The van der Waals surface area contributed by atoms with Crippen LogP contribution >= 0.6 is 0 Å². The van der Waals surface area contributed by atoms with Gasteiger partial charge in [-0.15, -0.1) is 0 Å². The van der Waals surface area contributed by atoms with Gasteiger partial charge >= 0.3 is 0 Å². The molecule has 0 bridgehead atoms. The van der Waals surface area contributed by atoms with Crippen LogP contribution in [0, 0.1) is 0 Å². The van der Waals surface area contributed by atoms with Crippen LogP contribution in [0.2, 0.25) is 0 Å². The van der Waals surface area contributed by atoms with Gasteiger partial charge in [-0.25, -0.2) is 0 Å². The van der Waals surface area contributed by atoms with Crippen LogP contribution in [0.15, 0.2) is 0 Å². The second-order valence-electron chi connectivity index (χ2n) is 0.801. The molecule has 0 aliphatic carbocycles. The maximum Gasteiger partial charge on any atom is 0.0452 e. The summed E-state index contributed by atoms with van der Waals surface area (Å²) >= 11 is 0. The quantitative estimate of drug-likeness (QED) is 0.609. The Morgan fingerprint density at radius 3 is 1.11 bits per heavy atom. The Morgan fingerprint density at radius 2 is 1.11 bits per heavy atom. The van der Waals surface area contributed by atoms with Crippen molar-refractivity contribution < 1.29 is 10.2 Å². The van der Waals surface area contributed by atoms with Gasteiger partial charge in [0.15, 0.2) is 0 Å². The molecule has 9 heavy (non-hydrogen) atoms. The number of hydrogen-bond acceptors (Lipinski definition) is 2. The lowest BCUT2D eigenvalue weighted by atomic mass is 10.5. The Hall–Kier alpha value is -0.0800. The van der Waals surface area contributed by atoms with Crippen molar-refractivity contribution in [1.29, 1.82) is 0 Å². The first-order valence-electron chi connectivity index (χ1n) is 2.63. The van der Waals surface area contributed by atoms with E-state index in [1.807, 2.05) is 13.8 Å². The molecule has 0 atom stereocenters. The van der Waals surface area contributed by atoms with E-state index in [2.05, 4.69) is 0 Å². The average Bonchev–Trinajstić information content (AvgIpc) is 1.75. The summed E-state index contributed by atoms with van der Waals surface area (Å²) < 4.78 is 0. The van der Waals surface area contributed by atoms with Crippen molar-refractivity contribution in [2.75, 3.05) is 13.2 Å². The summed E-state index contributed by atoms with van der Waals surface area (Å²) in [6.07, 6.45) is 0.500. The van der Waals surface area contributed by atoms with Crippen molar-refractivity contribution >= 4 is 0 Å². The van der Waals surface area contributed by atoms with Crippen molar-refractivity contribution in [3.8, 4) is 0 Å². The highest BCUT2D eigenvalue weighted by molar-refractivity contribution is 4.22. The predicted molar refractivity (Wildman–Crippen MR) is 43.6 cm³/mol. The van der Waals surface area contributed by atoms with Gasteiger partial charge in [-0.1, -0.05) is 28.7 Å². The molecule has 0 aromatic carbocycles. The first-order chi connectivity index (χ1) is 3.41. The van der Waals surface area contributed by atoms with E-state index >= 15 is 0 Å². The van der Waals surface area contributed by atoms with Crippen molar-refractivity contribution in [3.63, 3.8) is 0 Å². The Kier molecular flexibility index (Phi) is 114. The van der Waals surface area contributed by atoms with Crippen molar-refractivity contribution in [1.82, 2.24) is 0 Å². The fourth-order valence-electron chi connectivity index (χ4n) is 0.0707. The van der Waals surface area contributed by atoms with Gasteiger partial charge < -0.3 is 10.2 Å². The lowest BCUT2D eigenvalue weighted by Crippen LogP contribution is -1.85. The molecule has 0 heterocycles. The normalized spacial score (nSPS) is 5.33. The van der Waals surface area contributed by atoms with Crippen LogP contribution in [-0.2, 0) is 0 Å². The smallest absolute Gasteiger partial charge is 0.0452 e. The third-order valence-corrected chi connectivity index (χ3v) is 0.316. The molecule has 0 aromatic rings. The maximum absolute atomic E-state index is 7.91. The molecule has 2 heteroatoms. The molecule has 0 aromatic heterocycles. The summed E-state index contributed by atoms with van der Waals surface area (Å²) in [4.78, 5) is 0. The number of aliphatic hydroxyl groups is 2. The zero-order valence-electron chi connectivity index (χ0n) is 5.02. The first kappa shape index (κ1) is 23.1. The van der Waals surface area contributed by atoms with E-state index in [4.69, 9.17) is 10.2 Å². The first-order valence-corrected chi connectivity index (χ1v) is 2.63. The minimum atomic E-state index is 0. The third-order valence-electron chi connectivity index (χ3n) is 0.316. The van der Waals surface area contributed by atoms with Gasteiger partial charge in [0.2, 0.25) is 0 Å². The van der Waals surface area contributed by atoms with E-state index in [1.54, 1.807) is 0 Å². The molecule has 0 amide bonds. The van der Waals surface area contributed by atoms with Gasteiger partial charge in [-0.2, -0.15) is 0 Å². The maximum atomic E-state index is 7.91. The number of hydrogen-bond donors (Lipinski definition) is 2. The largest absolute Gasteiger partial charge is 0.396 e. The molecule has 62 valence electrons. The Labute approximate surface area is 59.5 Å². The molecule has 0 spiro atoms. The summed E-state index contributed by atoms with van der Waals surface area (Å²) in [5.41, 5.74) is 0. The molecule has 0 aliphatic heterocycles. The Morgan fingerprint density at radius 1 is 0.889 bits per heavy atom. The molecule has 0 saturated carbocycles. The van der Waals surface area contributed by atoms with E-state index in [9.17, 15) is 0 Å². The van der Waals surface area contributed by atoms with Gasteiger partial charge in [-0.3, -0.25) is 0 Å². The van der Waals surface area contributed by atoms with Gasteiger partial charge in [-0.05, 0) is 6.42 Å². The molecule has 2 nitrogen and oxygen atoms in total. The van der Waals surface area contributed by atoms with E-state index in [0.717, 1.165) is 0 Å². The minimum absolute atomic E-state index is 0. The summed E-state index contributed by atoms with van der Waals surface area (Å²) in [6.45, 7) is 4.19. The molecule has 0 unspecified atom stereocenters. The van der Waals surface area contributed by atoms with Gasteiger partial charge in [0.1, 0.15) is 0 Å². The molecule has 0 fully saturated rings. The summed E-state index contributed by atoms with van der Waals surface area (Å²) in [5.74, 6) is 0. The van der Waals surface area contributed by atoms with Crippen molar-refractivity contribution in [2.45, 2.75) is 35.1 Å². The van der Waals surface area contributed by atoms with Crippen LogP contribution in [0.1, 0.15) is 35.1 Å². The highest BCUT2D eigenvalue weighted by atomic mass is 16.3. The average molecular weight is 138 g/mol. The van der Waals surface area contributed by atoms with Gasteiger partial charge in [0.25, 0.3) is 0 Å². The summed E-state index contributed by atoms with van der Waals surface area (Å²) in [6, 6.07) is 0. The fourth-order valence-corrected chi connectivity index (χ4v) is 0.0707. The molecular formula is C7H22O2. The second kappa shape index (κ2) is 44.5. The van der Waals surface area contributed by atoms with Crippen LogP contribution in [-0.4, -0.2) is 23.4 Å². The third kappa shape index (κ3) is 75.3. The molecule has 2 N–H and O–H groups in total. The highest BCUT2D eigenvalue weighted by Gasteiger charge is 1.70. The zero-order chi connectivity index (χ0) is 6.12. The van der Waals surface area contributed by atoms with Crippen LogP contribution in [0.3, 0.4) is 0 Å². The van der Waals surface area contributed by atoms with Crippen LogP contribution in [0.25, 0.3) is 0 Å². The molecule has 0 rings (SSSR count). The lowest BCUT2D eigenvalue weighted by Gasteiger charge is -1.79. The molecule has 0 saturated heterocycles. The van der Waals surface area contributed by atoms with E-state index in [-0.39, 0.29) is 28.1 Å². The van der Waals surface area contributed by atoms with Crippen molar-refractivity contribution in [3.05, 3.63) is 0 Å². The Bertz CT molecular complexity index is 14.4. The van der Waals surface area contributed by atoms with Crippen molar-refractivity contribution in [2.24, 2.45) is 0 Å². The van der Waals surface area contributed by atoms with Crippen LogP contribution in [0.5, 0.6) is 0 Å². The fraction of sp³-hybridized carbons (Fsp3) is 1.00. The summed E-state index contributed by atoms with van der Waals surface area (Å²) in [5, 5.41) is 15.8. The Balaban J connectivity index is -0.0000000286. The lowest BCUT2D eigenvalue weighted by molar-refractivity contribution is 0.221. The standard InChI is InChI=1S/C3H8O2.C2H6.2CH4/c4-2-1-3-5;1-2;;/h4-5H,1-3H2;1-2H3;2*1H4. The summed E-state index contributed by atoms with van der Waals surface area (Å²) in [7, 11) is 0. The van der Waals surface area contributed by atoms with Crippen LogP contribution in [0.4, 0.5) is 0 Å². The minimum Gasteiger partial charge on any atom is -0.396 e. The predicted octanol–water partition coefficient (Wildman–Crippen LogP) is 1.66. The van der Waals surface area contributed by atoms with E-state index < -0.39 is 0 Å². The van der Waals surface area contributed by atoms with E-state index in [0.29, 0.717) is 6.42 Å². The topological polar surface area (TPSA) is 40.5 Å². The second-order valence-corrected chi connectivity index (χ2v) is 0.801. The van der Waals surface area contributed by atoms with Crippen LogP contribution < -0.4 is 0 Å². The molecule has 0 aliphatic rings. The van der Waals surface area contributed by atoms with Gasteiger partial charge in [0.05, 0.1) is 0 Å². The highest BCUT2D eigenvalue weighted by Crippen LogP contribution is 1.65. The van der Waals surface area contributed by atoms with E-state index in [1.165, 1.54) is 0 Å². The molecule has 0 radical (unpaired) electrons. The monoisotopic (exact) mass is 138 g/mol.